The number of fused-ring (bicyclic) bond motifs is 1. The molecular formula is C32H35N5O5. The lowest BCUT2D eigenvalue weighted by molar-refractivity contribution is 0.0178. The molecule has 2 atom stereocenters. The molecule has 10 heteroatoms. The number of piperidine rings is 1. The standard InChI is InChI=1S/C32H35N5O5/c1-32(2,3)23-10-12-24(13-11-23)34-29(38)21-8-6-7-20(17-21)28(27-9-4-5-16-37(27)31(40)41)42-30(39)35-25-14-15-26-22(18-25)19-33-36-26/h6-8,10-15,17-19,27-28H,4-5,9,16H2,1-3H3,(H,33,36)(H,34,38)(H,35,39)(H,40,41)/t27-,28?/m0/s1. The van der Waals surface area contributed by atoms with Crippen LogP contribution in [-0.2, 0) is 10.2 Å². The number of aromatic nitrogens is 2. The highest BCUT2D eigenvalue weighted by molar-refractivity contribution is 6.04. The van der Waals surface area contributed by atoms with Crippen LogP contribution >= 0.6 is 0 Å². The monoisotopic (exact) mass is 569 g/mol. The number of ether oxygens (including phenoxy) is 1. The van der Waals surface area contributed by atoms with E-state index >= 15 is 0 Å². The Morgan fingerprint density at radius 2 is 1.76 bits per heavy atom. The molecule has 10 nitrogen and oxygen atoms in total. The van der Waals surface area contributed by atoms with E-state index in [0.29, 0.717) is 35.5 Å². The third-order valence-electron chi connectivity index (χ3n) is 7.55. The zero-order valence-corrected chi connectivity index (χ0v) is 23.9. The van der Waals surface area contributed by atoms with Crippen LogP contribution < -0.4 is 10.6 Å². The number of benzene rings is 3. The van der Waals surface area contributed by atoms with Crippen molar-refractivity contribution in [3.8, 4) is 0 Å². The third kappa shape index (κ3) is 6.54. The van der Waals surface area contributed by atoms with Crippen LogP contribution in [-0.4, -0.2) is 50.9 Å². The summed E-state index contributed by atoms with van der Waals surface area (Å²) in [4.78, 5) is 39.8. The minimum absolute atomic E-state index is 0.00682. The maximum atomic E-state index is 13.2. The Morgan fingerprint density at radius 1 is 1.00 bits per heavy atom. The van der Waals surface area contributed by atoms with Gasteiger partial charge >= 0.3 is 12.2 Å². The number of nitrogens with one attached hydrogen (secondary N) is 3. The Bertz CT molecular complexity index is 1590. The SMILES string of the molecule is CC(C)(C)c1ccc(NC(=O)c2cccc(C(OC(=O)Nc3ccc4[nH]ncc4c3)[C@@H]3CCCCN3C(=O)O)c2)cc1. The molecule has 218 valence electrons. The van der Waals surface area contributed by atoms with Gasteiger partial charge in [0.15, 0.2) is 0 Å². The van der Waals surface area contributed by atoms with Gasteiger partial charge in [-0.1, -0.05) is 45.0 Å². The van der Waals surface area contributed by atoms with Crippen molar-refractivity contribution < 1.29 is 24.2 Å². The maximum Gasteiger partial charge on any atom is 0.412 e. The number of hydrogen-bond donors (Lipinski definition) is 4. The summed E-state index contributed by atoms with van der Waals surface area (Å²) in [5.74, 6) is -0.323. The molecule has 4 aromatic rings. The van der Waals surface area contributed by atoms with Crippen molar-refractivity contribution in [2.45, 2.75) is 57.6 Å². The second-order valence-corrected chi connectivity index (χ2v) is 11.6. The summed E-state index contributed by atoms with van der Waals surface area (Å²) in [6.07, 6.45) is 0.941. The van der Waals surface area contributed by atoms with E-state index in [4.69, 9.17) is 4.74 Å². The van der Waals surface area contributed by atoms with Gasteiger partial charge in [0.25, 0.3) is 5.91 Å². The summed E-state index contributed by atoms with van der Waals surface area (Å²) in [5, 5.41) is 23.3. The molecule has 1 aliphatic heterocycles. The average molecular weight is 570 g/mol. The Labute approximate surface area is 244 Å². The summed E-state index contributed by atoms with van der Waals surface area (Å²) in [6.45, 7) is 6.71. The van der Waals surface area contributed by atoms with Crippen LogP contribution in [0.1, 0.15) is 67.6 Å². The van der Waals surface area contributed by atoms with Gasteiger partial charge in [-0.15, -0.1) is 0 Å². The normalized spacial score (nSPS) is 16.1. The number of H-pyrrole nitrogens is 1. The number of amides is 3. The van der Waals surface area contributed by atoms with Crippen molar-refractivity contribution >= 4 is 40.4 Å². The van der Waals surface area contributed by atoms with Gasteiger partial charge in [-0.3, -0.25) is 15.2 Å². The van der Waals surface area contributed by atoms with Crippen LogP contribution in [0.4, 0.5) is 21.0 Å². The summed E-state index contributed by atoms with van der Waals surface area (Å²) in [6, 6.07) is 19.2. The van der Waals surface area contributed by atoms with Crippen LogP contribution in [0.15, 0.2) is 72.9 Å². The number of anilines is 2. The molecule has 3 amide bonds. The molecule has 0 aliphatic carbocycles. The molecule has 1 saturated heterocycles. The molecule has 1 aliphatic rings. The minimum Gasteiger partial charge on any atom is -0.465 e. The van der Waals surface area contributed by atoms with Crippen LogP contribution in [0.25, 0.3) is 10.9 Å². The molecule has 1 fully saturated rings. The van der Waals surface area contributed by atoms with Crippen LogP contribution in [0, 0.1) is 0 Å². The first-order chi connectivity index (χ1) is 20.1. The van der Waals surface area contributed by atoms with Gasteiger partial charge in [0.05, 0.1) is 17.8 Å². The molecule has 0 bridgehead atoms. The Balaban J connectivity index is 1.39. The number of hydrogen-bond acceptors (Lipinski definition) is 5. The van der Waals surface area contributed by atoms with Crippen molar-refractivity contribution in [1.82, 2.24) is 15.1 Å². The number of nitrogens with zero attached hydrogens (tertiary/aromatic N) is 2. The number of carboxylic acid groups (broad SMARTS) is 1. The lowest BCUT2D eigenvalue weighted by Gasteiger charge is -2.38. The molecule has 0 spiro atoms. The fourth-order valence-electron chi connectivity index (χ4n) is 5.28. The van der Waals surface area contributed by atoms with E-state index in [1.165, 1.54) is 4.90 Å². The van der Waals surface area contributed by atoms with Crippen molar-refractivity contribution in [2.75, 3.05) is 17.2 Å². The lowest BCUT2D eigenvalue weighted by Crippen LogP contribution is -2.47. The van der Waals surface area contributed by atoms with Gasteiger partial charge in [-0.2, -0.15) is 5.10 Å². The molecular weight excluding hydrogens is 534 g/mol. The van der Waals surface area contributed by atoms with Crippen molar-refractivity contribution in [3.05, 3.63) is 89.6 Å². The van der Waals surface area contributed by atoms with E-state index in [0.717, 1.165) is 29.3 Å². The minimum atomic E-state index is -1.08. The molecule has 0 radical (unpaired) electrons. The maximum absolute atomic E-state index is 13.2. The highest BCUT2D eigenvalue weighted by Crippen LogP contribution is 2.33. The molecule has 4 N–H and O–H groups in total. The molecule has 0 saturated carbocycles. The van der Waals surface area contributed by atoms with E-state index in [-0.39, 0.29) is 11.3 Å². The Morgan fingerprint density at radius 3 is 2.50 bits per heavy atom. The largest absolute Gasteiger partial charge is 0.465 e. The van der Waals surface area contributed by atoms with Crippen LogP contribution in [0.2, 0.25) is 0 Å². The summed E-state index contributed by atoms with van der Waals surface area (Å²) >= 11 is 0. The second-order valence-electron chi connectivity index (χ2n) is 11.6. The number of aromatic amines is 1. The van der Waals surface area contributed by atoms with Gasteiger partial charge in [0.2, 0.25) is 0 Å². The molecule has 42 heavy (non-hydrogen) atoms. The number of carbonyl (C=O) groups is 3. The number of rotatable bonds is 6. The van der Waals surface area contributed by atoms with Gasteiger partial charge in [-0.05, 0) is 78.3 Å². The Kier molecular flexibility index (Phi) is 8.15. The van der Waals surface area contributed by atoms with Crippen molar-refractivity contribution in [2.24, 2.45) is 0 Å². The lowest BCUT2D eigenvalue weighted by atomic mass is 9.87. The highest BCUT2D eigenvalue weighted by Gasteiger charge is 2.36. The summed E-state index contributed by atoms with van der Waals surface area (Å²) < 4.78 is 5.94. The van der Waals surface area contributed by atoms with Gasteiger partial charge in [-0.25, -0.2) is 9.59 Å². The van der Waals surface area contributed by atoms with E-state index in [2.05, 4.69) is 41.6 Å². The average Bonchev–Trinajstić information content (AvgIpc) is 3.44. The van der Waals surface area contributed by atoms with Gasteiger partial charge in [0, 0.05) is 28.9 Å². The van der Waals surface area contributed by atoms with Gasteiger partial charge < -0.3 is 20.1 Å². The van der Waals surface area contributed by atoms with Crippen molar-refractivity contribution in [3.63, 3.8) is 0 Å². The number of carbonyl (C=O) groups excluding carboxylic acids is 2. The molecule has 5 rings (SSSR count). The van der Waals surface area contributed by atoms with Crippen molar-refractivity contribution in [1.29, 1.82) is 0 Å². The van der Waals surface area contributed by atoms with E-state index < -0.39 is 24.3 Å². The fraction of sp³-hybridized carbons (Fsp3) is 0.312. The molecule has 3 aromatic carbocycles. The van der Waals surface area contributed by atoms with E-state index in [9.17, 15) is 19.5 Å². The smallest absolute Gasteiger partial charge is 0.412 e. The van der Waals surface area contributed by atoms with Crippen LogP contribution in [0.5, 0.6) is 0 Å². The first kappa shape index (κ1) is 28.7. The van der Waals surface area contributed by atoms with E-state index in [1.807, 2.05) is 24.3 Å². The third-order valence-corrected chi connectivity index (χ3v) is 7.55. The predicted molar refractivity (Wildman–Crippen MR) is 161 cm³/mol. The number of likely N-dealkylation sites (tertiary alicyclic amines) is 1. The van der Waals surface area contributed by atoms with Gasteiger partial charge in [0.1, 0.15) is 6.10 Å². The molecule has 2 heterocycles. The zero-order valence-electron chi connectivity index (χ0n) is 23.9. The first-order valence-electron chi connectivity index (χ1n) is 14.0. The van der Waals surface area contributed by atoms with Crippen LogP contribution in [0.3, 0.4) is 0 Å². The zero-order chi connectivity index (χ0) is 29.9. The molecule has 1 aromatic heterocycles. The predicted octanol–water partition coefficient (Wildman–Crippen LogP) is 6.94. The Hall–Kier alpha value is -4.86. The first-order valence-corrected chi connectivity index (χ1v) is 14.0. The highest BCUT2D eigenvalue weighted by atomic mass is 16.6. The van der Waals surface area contributed by atoms with E-state index in [1.54, 1.807) is 48.7 Å². The summed E-state index contributed by atoms with van der Waals surface area (Å²) in [5.41, 5.74) is 4.04. The second kappa shape index (κ2) is 11.9. The quantitative estimate of drug-likeness (QED) is 0.199. The fourth-order valence-corrected chi connectivity index (χ4v) is 5.28. The summed E-state index contributed by atoms with van der Waals surface area (Å²) in [7, 11) is 0. The molecule has 1 unspecified atom stereocenters. The topological polar surface area (TPSA) is 137 Å².